The van der Waals surface area contributed by atoms with Crippen LogP contribution in [0.4, 0.5) is 0 Å². The van der Waals surface area contributed by atoms with Gasteiger partial charge in [-0.25, -0.2) is 0 Å². The predicted molar refractivity (Wildman–Crippen MR) is 138 cm³/mol. The van der Waals surface area contributed by atoms with Crippen molar-refractivity contribution < 1.29 is 29.3 Å². The fourth-order valence-electron chi connectivity index (χ4n) is 5.75. The van der Waals surface area contributed by atoms with Gasteiger partial charge in [0, 0.05) is 27.6 Å². The van der Waals surface area contributed by atoms with Crippen LogP contribution in [0, 0.1) is 6.92 Å². The number of rotatable bonds is 6. The Morgan fingerprint density at radius 3 is 2.54 bits per heavy atom. The number of fused-ring (bicyclic) bond motifs is 4. The zero-order valence-electron chi connectivity index (χ0n) is 20.4. The highest BCUT2D eigenvalue weighted by atomic mass is 35.5. The SMILES string of the molecule is Cc1cc(OCC(=O)NC23CCC(NC(=O)C4CC(O)c5cc(Cl)ccc5O4)(CC2)C[C@@H]3O)ccc1Cl. The summed E-state index contributed by atoms with van der Waals surface area (Å²) in [4.78, 5) is 25.8. The van der Waals surface area contributed by atoms with Crippen molar-refractivity contribution in [3.63, 3.8) is 0 Å². The zero-order valence-corrected chi connectivity index (χ0v) is 21.9. The molecule has 0 radical (unpaired) electrons. The molecule has 2 aromatic carbocycles. The molecule has 2 aromatic rings. The highest BCUT2D eigenvalue weighted by Crippen LogP contribution is 2.47. The minimum atomic E-state index is -0.860. The normalized spacial score (nSPS) is 30.1. The Kier molecular flexibility index (Phi) is 7.04. The lowest BCUT2D eigenvalue weighted by Crippen LogP contribution is -2.71. The molecule has 3 aliphatic carbocycles. The van der Waals surface area contributed by atoms with Gasteiger partial charge >= 0.3 is 0 Å². The Balaban J connectivity index is 1.17. The second-order valence-electron chi connectivity index (χ2n) is 10.4. The maximum absolute atomic E-state index is 13.1. The Morgan fingerprint density at radius 1 is 1.08 bits per heavy atom. The van der Waals surface area contributed by atoms with Crippen LogP contribution < -0.4 is 20.1 Å². The number of aryl methyl sites for hydroxylation is 1. The van der Waals surface area contributed by atoms with Gasteiger partial charge in [0.2, 0.25) is 0 Å². The van der Waals surface area contributed by atoms with Gasteiger partial charge in [-0.3, -0.25) is 9.59 Å². The van der Waals surface area contributed by atoms with E-state index in [4.69, 9.17) is 32.7 Å². The number of hydrogen-bond acceptors (Lipinski definition) is 6. The molecular weight excluding hydrogens is 519 g/mol. The first-order chi connectivity index (χ1) is 17.6. The summed E-state index contributed by atoms with van der Waals surface area (Å²) in [5, 5.41) is 28.8. The number of carbonyl (C=O) groups excluding carboxylic acids is 2. The van der Waals surface area contributed by atoms with E-state index >= 15 is 0 Å². The van der Waals surface area contributed by atoms with Crippen LogP contribution in [0.3, 0.4) is 0 Å². The molecule has 37 heavy (non-hydrogen) atoms. The predicted octanol–water partition coefficient (Wildman–Crippen LogP) is 3.61. The van der Waals surface area contributed by atoms with Gasteiger partial charge in [-0.1, -0.05) is 23.2 Å². The van der Waals surface area contributed by atoms with E-state index < -0.39 is 29.4 Å². The lowest BCUT2D eigenvalue weighted by Gasteiger charge is -2.56. The lowest BCUT2D eigenvalue weighted by atomic mass is 9.59. The number of aliphatic hydroxyl groups is 2. The van der Waals surface area contributed by atoms with Crippen LogP contribution >= 0.6 is 23.2 Å². The summed E-state index contributed by atoms with van der Waals surface area (Å²) < 4.78 is 11.5. The van der Waals surface area contributed by atoms with Crippen molar-refractivity contribution in [3.05, 3.63) is 57.6 Å². The first-order valence-electron chi connectivity index (χ1n) is 12.4. The van der Waals surface area contributed by atoms with E-state index in [0.717, 1.165) is 5.56 Å². The van der Waals surface area contributed by atoms with Gasteiger partial charge in [-0.05, 0) is 81.0 Å². The minimum absolute atomic E-state index is 0.116. The molecule has 3 atom stereocenters. The highest BCUT2D eigenvalue weighted by Gasteiger charge is 2.55. The summed E-state index contributed by atoms with van der Waals surface area (Å²) >= 11 is 12.1. The Labute approximate surface area is 225 Å². The molecule has 2 bridgehead atoms. The molecular formula is C27H30Cl2N2O6. The molecule has 1 aliphatic heterocycles. The maximum Gasteiger partial charge on any atom is 0.261 e. The van der Waals surface area contributed by atoms with Gasteiger partial charge in [0.25, 0.3) is 11.8 Å². The minimum Gasteiger partial charge on any atom is -0.484 e. The van der Waals surface area contributed by atoms with Crippen LogP contribution in [0.1, 0.15) is 55.8 Å². The monoisotopic (exact) mass is 548 g/mol. The molecule has 0 saturated heterocycles. The van der Waals surface area contributed by atoms with Crippen LogP contribution in [0.2, 0.25) is 10.0 Å². The van der Waals surface area contributed by atoms with Crippen LogP contribution in [0.5, 0.6) is 11.5 Å². The molecule has 4 aliphatic rings. The topological polar surface area (TPSA) is 117 Å². The summed E-state index contributed by atoms with van der Waals surface area (Å²) in [5.41, 5.74) is 0.0810. The first kappa shape index (κ1) is 26.1. The number of hydrogen-bond donors (Lipinski definition) is 4. The summed E-state index contributed by atoms with van der Waals surface area (Å²) in [6.45, 7) is 1.68. The molecule has 8 nitrogen and oxygen atoms in total. The average Bonchev–Trinajstić information content (AvgIpc) is 2.86. The van der Waals surface area contributed by atoms with Gasteiger partial charge in [-0.15, -0.1) is 0 Å². The van der Waals surface area contributed by atoms with E-state index in [1.54, 1.807) is 36.4 Å². The van der Waals surface area contributed by atoms with Gasteiger partial charge < -0.3 is 30.3 Å². The third-order valence-electron chi connectivity index (χ3n) is 7.93. The van der Waals surface area contributed by atoms with Crippen molar-refractivity contribution in [2.24, 2.45) is 0 Å². The molecule has 3 saturated carbocycles. The van der Waals surface area contributed by atoms with Crippen LogP contribution in [-0.4, -0.2) is 51.9 Å². The van der Waals surface area contributed by atoms with E-state index in [2.05, 4.69) is 10.6 Å². The number of benzene rings is 2. The Bertz CT molecular complexity index is 1210. The van der Waals surface area contributed by atoms with E-state index in [1.807, 2.05) is 6.92 Å². The van der Waals surface area contributed by atoms with Gasteiger partial charge in [0.05, 0.1) is 17.7 Å². The molecule has 2 amide bonds. The maximum atomic E-state index is 13.1. The summed E-state index contributed by atoms with van der Waals surface area (Å²) in [6.07, 6.45) is 0.160. The number of ether oxygens (including phenoxy) is 2. The van der Waals surface area contributed by atoms with Crippen LogP contribution in [0.15, 0.2) is 36.4 Å². The van der Waals surface area contributed by atoms with E-state index in [0.29, 0.717) is 59.2 Å². The summed E-state index contributed by atoms with van der Waals surface area (Å²) in [6, 6.07) is 10.1. The molecule has 10 heteroatoms. The average molecular weight is 549 g/mol. The van der Waals surface area contributed by atoms with Crippen molar-refractivity contribution in [2.75, 3.05) is 6.61 Å². The first-order valence-corrected chi connectivity index (χ1v) is 13.2. The van der Waals surface area contributed by atoms with Crippen LogP contribution in [-0.2, 0) is 9.59 Å². The second kappa shape index (κ2) is 9.98. The molecule has 2 unspecified atom stereocenters. The fraction of sp³-hybridized carbons (Fsp3) is 0.481. The van der Waals surface area contributed by atoms with Gasteiger partial charge in [-0.2, -0.15) is 0 Å². The van der Waals surface area contributed by atoms with Crippen molar-refractivity contribution in [1.29, 1.82) is 0 Å². The van der Waals surface area contributed by atoms with E-state index in [-0.39, 0.29) is 24.8 Å². The van der Waals surface area contributed by atoms with Crippen molar-refractivity contribution in [2.45, 2.75) is 74.8 Å². The third kappa shape index (κ3) is 5.25. The Morgan fingerprint density at radius 2 is 1.84 bits per heavy atom. The second-order valence-corrected chi connectivity index (χ2v) is 11.3. The van der Waals surface area contributed by atoms with Crippen LogP contribution in [0.25, 0.3) is 0 Å². The molecule has 1 heterocycles. The number of nitrogens with one attached hydrogen (secondary N) is 2. The number of halogens is 2. The molecule has 3 fully saturated rings. The van der Waals surface area contributed by atoms with Crippen molar-refractivity contribution in [1.82, 2.24) is 10.6 Å². The Hall–Kier alpha value is -2.52. The summed E-state index contributed by atoms with van der Waals surface area (Å²) in [7, 11) is 0. The quantitative estimate of drug-likeness (QED) is 0.438. The molecule has 6 rings (SSSR count). The van der Waals surface area contributed by atoms with Crippen molar-refractivity contribution >= 4 is 35.0 Å². The highest BCUT2D eigenvalue weighted by molar-refractivity contribution is 6.31. The largest absolute Gasteiger partial charge is 0.484 e. The lowest BCUT2D eigenvalue weighted by molar-refractivity contribution is -0.140. The smallest absolute Gasteiger partial charge is 0.261 e. The molecule has 198 valence electrons. The number of amides is 2. The molecule has 0 aromatic heterocycles. The van der Waals surface area contributed by atoms with Crippen molar-refractivity contribution in [3.8, 4) is 11.5 Å². The summed E-state index contributed by atoms with van der Waals surface area (Å²) in [5.74, 6) is 0.348. The van der Waals surface area contributed by atoms with Gasteiger partial charge in [0.15, 0.2) is 12.7 Å². The fourth-order valence-corrected chi connectivity index (χ4v) is 6.05. The van der Waals surface area contributed by atoms with Gasteiger partial charge in [0.1, 0.15) is 11.5 Å². The molecule has 4 N–H and O–H groups in total. The number of carbonyl (C=O) groups is 2. The van der Waals surface area contributed by atoms with E-state index in [9.17, 15) is 19.8 Å². The third-order valence-corrected chi connectivity index (χ3v) is 8.59. The molecule has 0 spiro atoms. The number of aliphatic hydroxyl groups excluding tert-OH is 2. The zero-order chi connectivity index (χ0) is 26.4. The van der Waals surface area contributed by atoms with E-state index in [1.165, 1.54) is 0 Å². The standard InChI is InChI=1S/C27H30Cl2N2O6/c1-15-10-17(3-4-19(15)29)36-14-24(34)30-27-8-6-26(7-9-27,13-23(27)33)31-25(35)22-12-20(32)18-11-16(28)2-5-21(18)37-22/h2-5,10-11,20,22-23,32-33H,6-9,12-14H2,1H3,(H,30,34)(H,31,35)/t20?,22?,23-,26?,27?/m0/s1.